The summed E-state index contributed by atoms with van der Waals surface area (Å²) in [6.07, 6.45) is 2.37. The monoisotopic (exact) mass is 594 g/mol. The van der Waals surface area contributed by atoms with Crippen molar-refractivity contribution < 1.29 is 50.4 Å². The van der Waals surface area contributed by atoms with Crippen molar-refractivity contribution >= 4 is 29.6 Å². The number of rotatable bonds is 14. The van der Waals surface area contributed by atoms with Gasteiger partial charge < -0.3 is 0 Å². The third kappa shape index (κ3) is 5.65. The second-order valence-corrected chi connectivity index (χ2v) is 20.4. The van der Waals surface area contributed by atoms with Crippen LogP contribution in [0.3, 0.4) is 0 Å². The second kappa shape index (κ2) is 12.1. The summed E-state index contributed by atoms with van der Waals surface area (Å²) in [5.74, 6) is 0.429. The predicted octanol–water partition coefficient (Wildman–Crippen LogP) is -0.605. The summed E-state index contributed by atoms with van der Waals surface area (Å²) in [5.41, 5.74) is 0. The van der Waals surface area contributed by atoms with Crippen molar-refractivity contribution in [3.05, 3.63) is 0 Å². The molecule has 1 aliphatic carbocycles. The van der Waals surface area contributed by atoms with Gasteiger partial charge >= 0.3 is 196 Å². The van der Waals surface area contributed by atoms with Gasteiger partial charge in [0.15, 0.2) is 0 Å². The predicted molar refractivity (Wildman–Crippen MR) is 115 cm³/mol. The van der Waals surface area contributed by atoms with Crippen LogP contribution in [0.2, 0.25) is 6.04 Å². The molecule has 0 N–H and O–H groups in total. The standard InChI is InChI=1S/C19H37INO8SSi/c1-8-21-18(22)16-14(9-11-30-20(24-2,25-3)26-4)13-15(17(16)19(21)23)10-12-31(27-5,28-6)29-7/h14-17H,8-13H2,1-7H3/q-1. The van der Waals surface area contributed by atoms with Crippen LogP contribution in [0, 0.1) is 23.7 Å². The summed E-state index contributed by atoms with van der Waals surface area (Å²) in [6.45, 7) is 2.27. The van der Waals surface area contributed by atoms with Gasteiger partial charge in [0.05, 0.1) is 0 Å². The summed E-state index contributed by atoms with van der Waals surface area (Å²) in [7, 11) is 8.44. The Morgan fingerprint density at radius 1 is 0.903 bits per heavy atom. The number of hydrogen-bond donors (Lipinski definition) is 0. The maximum absolute atomic E-state index is 13.1. The van der Waals surface area contributed by atoms with Crippen LogP contribution in [-0.2, 0) is 32.1 Å². The Kier molecular flexibility index (Phi) is 10.7. The molecule has 1 saturated carbocycles. The van der Waals surface area contributed by atoms with Gasteiger partial charge in [-0.05, 0) is 0 Å². The van der Waals surface area contributed by atoms with Gasteiger partial charge in [0.2, 0.25) is 0 Å². The zero-order chi connectivity index (χ0) is 23.2. The molecule has 31 heavy (non-hydrogen) atoms. The molecule has 4 unspecified atom stereocenters. The number of nitrogens with zero attached hydrogens (tertiary/aromatic N) is 1. The van der Waals surface area contributed by atoms with Crippen molar-refractivity contribution in [1.29, 1.82) is 0 Å². The summed E-state index contributed by atoms with van der Waals surface area (Å²) < 4.78 is 33.3. The molecule has 184 valence electrons. The van der Waals surface area contributed by atoms with E-state index >= 15 is 0 Å². The van der Waals surface area contributed by atoms with Crippen molar-refractivity contribution in [3.63, 3.8) is 0 Å². The van der Waals surface area contributed by atoms with E-state index in [1.54, 1.807) is 51.6 Å². The molecule has 0 radical (unpaired) electrons. The normalized spacial score (nSPS) is 27.3. The van der Waals surface area contributed by atoms with Gasteiger partial charge in [-0.25, -0.2) is 0 Å². The number of likely N-dealkylation sites (tertiary alicyclic amines) is 1. The number of hydrogen-bond acceptors (Lipinski definition) is 9. The van der Waals surface area contributed by atoms with Gasteiger partial charge in [0, 0.05) is 0 Å². The van der Waals surface area contributed by atoms with Crippen molar-refractivity contribution in [2.24, 2.45) is 23.7 Å². The average Bonchev–Trinajstić information content (AvgIpc) is 3.28. The van der Waals surface area contributed by atoms with E-state index in [2.05, 4.69) is 0 Å². The molecule has 0 aromatic rings. The number of carbonyl (C=O) groups excluding carboxylic acids is 2. The van der Waals surface area contributed by atoms with Crippen LogP contribution in [-0.4, -0.2) is 80.5 Å². The zero-order valence-corrected chi connectivity index (χ0v) is 23.5. The molecule has 2 aliphatic rings. The number of imide groups is 1. The van der Waals surface area contributed by atoms with Gasteiger partial charge in [0.25, 0.3) is 0 Å². The van der Waals surface area contributed by atoms with E-state index in [0.717, 1.165) is 25.0 Å². The fourth-order valence-electron chi connectivity index (χ4n) is 4.89. The van der Waals surface area contributed by atoms with Gasteiger partial charge in [-0.2, -0.15) is 0 Å². The average molecular weight is 595 g/mol. The third-order valence-corrected chi connectivity index (χ3v) is 19.3. The Balaban J connectivity index is 2.13. The van der Waals surface area contributed by atoms with Crippen LogP contribution < -0.4 is 18.3 Å². The second-order valence-electron chi connectivity index (χ2n) is 7.51. The zero-order valence-electron chi connectivity index (χ0n) is 19.6. The van der Waals surface area contributed by atoms with E-state index in [9.17, 15) is 9.59 Å². The van der Waals surface area contributed by atoms with Crippen molar-refractivity contribution in [2.45, 2.75) is 32.2 Å². The van der Waals surface area contributed by atoms with E-state index in [-0.39, 0.29) is 35.5 Å². The molecule has 0 aromatic carbocycles. The molecule has 0 bridgehead atoms. The Morgan fingerprint density at radius 2 is 1.39 bits per heavy atom. The molecular weight excluding hydrogens is 557 g/mol. The van der Waals surface area contributed by atoms with Crippen LogP contribution in [0.1, 0.15) is 26.2 Å². The Labute approximate surface area is 195 Å². The van der Waals surface area contributed by atoms with Crippen molar-refractivity contribution in [2.75, 3.05) is 55.0 Å². The number of carbonyl (C=O) groups is 2. The summed E-state index contributed by atoms with van der Waals surface area (Å²) in [4.78, 5) is 27.5. The first kappa shape index (κ1) is 27.4. The molecule has 0 spiro atoms. The number of amides is 2. The van der Waals surface area contributed by atoms with Gasteiger partial charge in [0.1, 0.15) is 0 Å². The summed E-state index contributed by atoms with van der Waals surface area (Å²) in [5, 5.41) is 0. The van der Waals surface area contributed by atoms with Crippen LogP contribution in [0.4, 0.5) is 0 Å². The topological polar surface area (TPSA) is 92.8 Å². The maximum atomic E-state index is 13.1. The van der Waals surface area contributed by atoms with Crippen LogP contribution in [0.5, 0.6) is 0 Å². The Bertz CT molecular complexity index is 605. The quantitative estimate of drug-likeness (QED) is 0.149. The van der Waals surface area contributed by atoms with Crippen molar-refractivity contribution in [3.8, 4) is 0 Å². The van der Waals surface area contributed by atoms with Gasteiger partial charge in [-0.1, -0.05) is 0 Å². The molecule has 12 heteroatoms. The van der Waals surface area contributed by atoms with Crippen molar-refractivity contribution in [1.82, 2.24) is 4.90 Å². The molecule has 1 saturated heterocycles. The molecule has 2 amide bonds. The SMILES string of the molecule is CCN1C(=O)C2C(CCS[I-](OC)(OC)OC)CC(CC[Si](OC)(OC)OC)C2C1=O. The van der Waals surface area contributed by atoms with Gasteiger partial charge in [-0.15, -0.1) is 0 Å². The Morgan fingerprint density at radius 3 is 1.81 bits per heavy atom. The first-order valence-electron chi connectivity index (χ1n) is 10.4. The minimum absolute atomic E-state index is 0.0268. The van der Waals surface area contributed by atoms with E-state index in [4.69, 9.17) is 22.5 Å². The van der Waals surface area contributed by atoms with E-state index in [0.29, 0.717) is 12.6 Å². The number of halogens is 1. The van der Waals surface area contributed by atoms with Gasteiger partial charge in [-0.3, -0.25) is 0 Å². The van der Waals surface area contributed by atoms with E-state index < -0.39 is 27.1 Å². The fraction of sp³-hybridized carbons (Fsp3) is 0.895. The third-order valence-electron chi connectivity index (χ3n) is 6.45. The van der Waals surface area contributed by atoms with Crippen LogP contribution in [0.25, 0.3) is 0 Å². The molecule has 4 atom stereocenters. The minimum atomic E-state index is -3.20. The molecular formula is C19H37INO8SSi-. The summed E-state index contributed by atoms with van der Waals surface area (Å²) >= 11 is -3.20. The van der Waals surface area contributed by atoms with E-state index in [1.165, 1.54) is 4.90 Å². The molecule has 0 aromatic heterocycles. The molecule has 9 nitrogen and oxygen atoms in total. The van der Waals surface area contributed by atoms with Crippen LogP contribution >= 0.6 is 8.93 Å². The molecule has 1 heterocycles. The van der Waals surface area contributed by atoms with E-state index in [1.807, 2.05) is 6.92 Å². The van der Waals surface area contributed by atoms with Crippen LogP contribution in [0.15, 0.2) is 0 Å². The number of fused-ring (bicyclic) bond motifs is 1. The molecule has 2 fully saturated rings. The fourth-order valence-corrected chi connectivity index (χ4v) is 13.3. The molecule has 1 aliphatic heterocycles. The molecule has 2 rings (SSSR count). The first-order valence-corrected chi connectivity index (χ1v) is 18.5. The summed E-state index contributed by atoms with van der Waals surface area (Å²) in [6, 6.07) is 0.620. The Hall–Kier alpha value is 0.197. The first-order chi connectivity index (χ1) is 14.8.